The van der Waals surface area contributed by atoms with Crippen molar-refractivity contribution < 1.29 is 4.74 Å². The Bertz CT molecular complexity index is 271. The molecule has 0 radical (unpaired) electrons. The van der Waals surface area contributed by atoms with Crippen molar-refractivity contribution in [2.24, 2.45) is 22.2 Å². The van der Waals surface area contributed by atoms with Crippen LogP contribution in [-0.4, -0.2) is 12.2 Å². The SMILES string of the molecule is CC(C)(C)C[C@H]1O[C@@H](C(C)(C)C)C[C@H]1C(C)(C)C. The van der Waals surface area contributed by atoms with Crippen molar-refractivity contribution in [3.05, 3.63) is 0 Å². The molecule has 1 rings (SSSR count). The maximum atomic E-state index is 6.44. The zero-order chi connectivity index (χ0) is 14.4. The molecule has 1 nitrogen and oxygen atoms in total. The normalized spacial score (nSPS) is 30.8. The summed E-state index contributed by atoms with van der Waals surface area (Å²) < 4.78 is 6.44. The van der Waals surface area contributed by atoms with Crippen LogP contribution in [-0.2, 0) is 4.74 Å². The number of rotatable bonds is 1. The van der Waals surface area contributed by atoms with Crippen molar-refractivity contribution in [2.75, 3.05) is 0 Å². The maximum Gasteiger partial charge on any atom is 0.0631 e. The minimum Gasteiger partial charge on any atom is -0.374 e. The van der Waals surface area contributed by atoms with Gasteiger partial charge in [0.1, 0.15) is 0 Å². The predicted molar refractivity (Wildman–Crippen MR) is 79.8 cm³/mol. The van der Waals surface area contributed by atoms with Gasteiger partial charge in [0.25, 0.3) is 0 Å². The van der Waals surface area contributed by atoms with Gasteiger partial charge in [0.15, 0.2) is 0 Å². The third-order valence-electron chi connectivity index (χ3n) is 4.15. The summed E-state index contributed by atoms with van der Waals surface area (Å²) in [5.41, 5.74) is 0.951. The summed E-state index contributed by atoms with van der Waals surface area (Å²) in [5.74, 6) is 0.681. The molecule has 0 amide bonds. The van der Waals surface area contributed by atoms with Gasteiger partial charge in [-0.2, -0.15) is 0 Å². The van der Waals surface area contributed by atoms with Gasteiger partial charge in [0.05, 0.1) is 12.2 Å². The lowest BCUT2D eigenvalue weighted by atomic mass is 9.71. The van der Waals surface area contributed by atoms with Gasteiger partial charge in [-0.05, 0) is 35.0 Å². The third-order valence-corrected chi connectivity index (χ3v) is 4.15. The van der Waals surface area contributed by atoms with Crippen molar-refractivity contribution in [3.8, 4) is 0 Å². The monoisotopic (exact) mass is 254 g/mol. The fraction of sp³-hybridized carbons (Fsp3) is 1.00. The largest absolute Gasteiger partial charge is 0.374 e. The molecule has 0 N–H and O–H groups in total. The molecular weight excluding hydrogens is 220 g/mol. The standard InChI is InChI=1S/C17H34O/c1-15(2,3)11-13-12(16(4,5)6)10-14(18-13)17(7,8)9/h12-14H,10-11H2,1-9H3/t12-,13-,14-/m1/s1. The Balaban J connectivity index is 2.86. The van der Waals surface area contributed by atoms with E-state index in [0.29, 0.717) is 29.0 Å². The molecular formula is C17H34O. The molecule has 108 valence electrons. The van der Waals surface area contributed by atoms with Gasteiger partial charge in [-0.15, -0.1) is 0 Å². The molecule has 1 saturated heterocycles. The number of hydrogen-bond donors (Lipinski definition) is 0. The Kier molecular flexibility index (Phi) is 4.28. The minimum atomic E-state index is 0.260. The number of ether oxygens (including phenoxy) is 1. The molecule has 0 aromatic carbocycles. The summed E-state index contributed by atoms with van der Waals surface area (Å²) in [6.07, 6.45) is 3.22. The zero-order valence-electron chi connectivity index (χ0n) is 14.1. The van der Waals surface area contributed by atoms with Crippen LogP contribution >= 0.6 is 0 Å². The summed E-state index contributed by atoms with van der Waals surface area (Å²) in [6.45, 7) is 21.0. The molecule has 3 atom stereocenters. The first kappa shape index (κ1) is 16.0. The van der Waals surface area contributed by atoms with Crippen LogP contribution in [0, 0.1) is 22.2 Å². The summed E-state index contributed by atoms with van der Waals surface area (Å²) in [6, 6.07) is 0. The van der Waals surface area contributed by atoms with E-state index in [0.717, 1.165) is 0 Å². The highest BCUT2D eigenvalue weighted by Crippen LogP contribution is 2.47. The molecule has 0 spiro atoms. The van der Waals surface area contributed by atoms with Crippen LogP contribution in [0.3, 0.4) is 0 Å². The highest BCUT2D eigenvalue weighted by atomic mass is 16.5. The van der Waals surface area contributed by atoms with Crippen molar-refractivity contribution in [1.82, 2.24) is 0 Å². The first-order chi connectivity index (χ1) is 7.81. The van der Waals surface area contributed by atoms with Crippen LogP contribution in [0.25, 0.3) is 0 Å². The smallest absolute Gasteiger partial charge is 0.0631 e. The second-order valence-electron chi connectivity index (χ2n) is 9.50. The molecule has 0 aliphatic carbocycles. The molecule has 1 fully saturated rings. The highest BCUT2D eigenvalue weighted by Gasteiger charge is 2.46. The van der Waals surface area contributed by atoms with Gasteiger partial charge in [-0.3, -0.25) is 0 Å². The molecule has 0 aromatic rings. The third kappa shape index (κ3) is 4.26. The number of hydrogen-bond acceptors (Lipinski definition) is 1. The van der Waals surface area contributed by atoms with Crippen LogP contribution in [0.5, 0.6) is 0 Å². The molecule has 1 aliphatic rings. The fourth-order valence-electron chi connectivity index (χ4n) is 3.01. The van der Waals surface area contributed by atoms with Gasteiger partial charge < -0.3 is 4.74 Å². The van der Waals surface area contributed by atoms with Crippen LogP contribution < -0.4 is 0 Å². The fourth-order valence-corrected chi connectivity index (χ4v) is 3.01. The summed E-state index contributed by atoms with van der Waals surface area (Å²) in [5, 5.41) is 0. The Labute approximate surface area is 115 Å². The Morgan fingerprint density at radius 2 is 1.33 bits per heavy atom. The van der Waals surface area contributed by atoms with E-state index in [-0.39, 0.29) is 5.41 Å². The van der Waals surface area contributed by atoms with E-state index >= 15 is 0 Å². The molecule has 0 saturated carbocycles. The predicted octanol–water partition coefficient (Wildman–Crippen LogP) is 5.29. The summed E-state index contributed by atoms with van der Waals surface area (Å²) >= 11 is 0. The van der Waals surface area contributed by atoms with Crippen LogP contribution in [0.15, 0.2) is 0 Å². The lowest BCUT2D eigenvalue weighted by Gasteiger charge is -2.34. The Morgan fingerprint density at radius 1 is 0.833 bits per heavy atom. The molecule has 18 heavy (non-hydrogen) atoms. The van der Waals surface area contributed by atoms with Gasteiger partial charge in [-0.1, -0.05) is 62.3 Å². The molecule has 1 heterocycles. The van der Waals surface area contributed by atoms with Crippen molar-refractivity contribution in [1.29, 1.82) is 0 Å². The van der Waals surface area contributed by atoms with Gasteiger partial charge in [-0.25, -0.2) is 0 Å². The average molecular weight is 254 g/mol. The van der Waals surface area contributed by atoms with Gasteiger partial charge >= 0.3 is 0 Å². The van der Waals surface area contributed by atoms with Crippen molar-refractivity contribution in [2.45, 2.75) is 87.4 Å². The minimum absolute atomic E-state index is 0.260. The molecule has 0 bridgehead atoms. The van der Waals surface area contributed by atoms with Crippen LogP contribution in [0.1, 0.15) is 75.2 Å². The Morgan fingerprint density at radius 3 is 1.67 bits per heavy atom. The van der Waals surface area contributed by atoms with E-state index in [2.05, 4.69) is 62.3 Å². The quantitative estimate of drug-likeness (QED) is 0.618. The van der Waals surface area contributed by atoms with Gasteiger partial charge in [0, 0.05) is 0 Å². The van der Waals surface area contributed by atoms with Gasteiger partial charge in [0.2, 0.25) is 0 Å². The second kappa shape index (κ2) is 4.81. The highest BCUT2D eigenvalue weighted by molar-refractivity contribution is 4.94. The lowest BCUT2D eigenvalue weighted by Crippen LogP contribution is -2.31. The molecule has 1 aliphatic heterocycles. The van der Waals surface area contributed by atoms with Crippen molar-refractivity contribution in [3.63, 3.8) is 0 Å². The van der Waals surface area contributed by atoms with E-state index in [9.17, 15) is 0 Å². The van der Waals surface area contributed by atoms with E-state index in [1.165, 1.54) is 12.8 Å². The Hall–Kier alpha value is -0.0400. The molecule has 0 unspecified atom stereocenters. The van der Waals surface area contributed by atoms with E-state index < -0.39 is 0 Å². The van der Waals surface area contributed by atoms with Crippen molar-refractivity contribution >= 4 is 0 Å². The van der Waals surface area contributed by atoms with Crippen LogP contribution in [0.4, 0.5) is 0 Å². The lowest BCUT2D eigenvalue weighted by molar-refractivity contribution is -0.0428. The van der Waals surface area contributed by atoms with Crippen LogP contribution in [0.2, 0.25) is 0 Å². The van der Waals surface area contributed by atoms with E-state index in [1.807, 2.05) is 0 Å². The second-order valence-corrected chi connectivity index (χ2v) is 9.50. The first-order valence-electron chi connectivity index (χ1n) is 7.46. The van der Waals surface area contributed by atoms with E-state index in [4.69, 9.17) is 4.74 Å². The summed E-state index contributed by atoms with van der Waals surface area (Å²) in [4.78, 5) is 0. The topological polar surface area (TPSA) is 9.23 Å². The van der Waals surface area contributed by atoms with E-state index in [1.54, 1.807) is 0 Å². The first-order valence-corrected chi connectivity index (χ1v) is 7.46. The summed E-state index contributed by atoms with van der Waals surface area (Å²) in [7, 11) is 0. The zero-order valence-corrected chi connectivity index (χ0v) is 14.1. The maximum absolute atomic E-state index is 6.44. The average Bonchev–Trinajstić information content (AvgIpc) is 2.42. The molecule has 1 heteroatoms. The molecule has 0 aromatic heterocycles.